The molecule has 0 bridgehead atoms. The number of hydrogen-bond donors (Lipinski definition) is 3. The Morgan fingerprint density at radius 3 is 2.15 bits per heavy atom. The lowest BCUT2D eigenvalue weighted by Crippen LogP contribution is -2.49. The molecular formula is C26H23BrN2O5. The molecule has 3 N–H and O–H groups in total. The lowest BCUT2D eigenvalue weighted by Gasteiger charge is -2.21. The average Bonchev–Trinajstić information content (AvgIpc) is 3.12. The lowest BCUT2D eigenvalue weighted by molar-refractivity contribution is -0.143. The first-order chi connectivity index (χ1) is 16.2. The molecule has 7 nitrogen and oxygen atoms in total. The van der Waals surface area contributed by atoms with E-state index >= 15 is 0 Å². The molecule has 0 spiro atoms. The van der Waals surface area contributed by atoms with Gasteiger partial charge in [0.05, 0.1) is 5.69 Å². The van der Waals surface area contributed by atoms with Gasteiger partial charge >= 0.3 is 12.1 Å². The molecule has 1 aliphatic rings. The summed E-state index contributed by atoms with van der Waals surface area (Å²) in [6.07, 6.45) is -0.661. The van der Waals surface area contributed by atoms with Gasteiger partial charge in [0.1, 0.15) is 12.1 Å². The molecule has 0 heterocycles. The van der Waals surface area contributed by atoms with Crippen molar-refractivity contribution < 1.29 is 24.2 Å². The minimum absolute atomic E-state index is 0.0723. The summed E-state index contributed by atoms with van der Waals surface area (Å²) in [5.41, 5.74) is 3.58. The summed E-state index contributed by atoms with van der Waals surface area (Å²) in [7, 11) is 0. The van der Waals surface area contributed by atoms with E-state index in [9.17, 15) is 19.5 Å². The average molecular weight is 523 g/mol. The molecule has 3 aromatic carbocycles. The second-order valence-corrected chi connectivity index (χ2v) is 9.38. The highest BCUT2D eigenvalue weighted by Gasteiger charge is 2.30. The van der Waals surface area contributed by atoms with Crippen LogP contribution in [0.3, 0.4) is 0 Å². The van der Waals surface area contributed by atoms with Crippen molar-refractivity contribution in [3.05, 3.63) is 87.9 Å². The number of nitrogens with one attached hydrogen (secondary N) is 2. The zero-order valence-corrected chi connectivity index (χ0v) is 20.2. The lowest BCUT2D eigenvalue weighted by atomic mass is 9.98. The smallest absolute Gasteiger partial charge is 0.411 e. The molecule has 2 amide bonds. The second kappa shape index (κ2) is 9.30. The molecule has 8 heteroatoms. The summed E-state index contributed by atoms with van der Waals surface area (Å²) in [4.78, 5) is 36.4. The number of rotatable bonds is 6. The molecule has 0 atom stereocenters. The first-order valence-electron chi connectivity index (χ1n) is 10.6. The van der Waals surface area contributed by atoms with Gasteiger partial charge in [0, 0.05) is 16.0 Å². The van der Waals surface area contributed by atoms with Crippen LogP contribution < -0.4 is 10.6 Å². The summed E-state index contributed by atoms with van der Waals surface area (Å²) in [5, 5.41) is 14.3. The topological polar surface area (TPSA) is 105 Å². The summed E-state index contributed by atoms with van der Waals surface area (Å²) in [6.45, 7) is 2.94. The Morgan fingerprint density at radius 1 is 0.971 bits per heavy atom. The number of carboxylic acid groups (broad SMARTS) is 1. The highest BCUT2D eigenvalue weighted by atomic mass is 79.9. The van der Waals surface area contributed by atoms with Crippen LogP contribution in [0, 0.1) is 0 Å². The monoisotopic (exact) mass is 522 g/mol. The predicted octanol–water partition coefficient (Wildman–Crippen LogP) is 5.40. The maximum atomic E-state index is 12.6. The standard InChI is InChI=1S/C26H23BrN2O5/c1-26(2,24(31)32)29-23(30)15-11-12-21(27)22(13-15)28-25(33)34-14-20-18-9-5-3-7-16(18)17-8-4-6-10-19(17)20/h3-13,20H,14H2,1-2H3,(H,28,33)(H,29,30)(H,31,32). The van der Waals surface area contributed by atoms with Crippen molar-refractivity contribution in [3.63, 3.8) is 0 Å². The SMILES string of the molecule is CC(C)(NC(=O)c1ccc(Br)c(NC(=O)OCC2c3ccccc3-c3ccccc32)c1)C(=O)O. The van der Waals surface area contributed by atoms with Crippen LogP contribution in [0.2, 0.25) is 0 Å². The van der Waals surface area contributed by atoms with Crippen molar-refractivity contribution in [1.29, 1.82) is 0 Å². The van der Waals surface area contributed by atoms with E-state index in [2.05, 4.69) is 38.7 Å². The molecule has 0 aliphatic heterocycles. The molecule has 0 aromatic heterocycles. The number of aliphatic carboxylic acids is 1. The van der Waals surface area contributed by atoms with Crippen molar-refractivity contribution in [2.24, 2.45) is 0 Å². The Labute approximate surface area is 205 Å². The molecule has 34 heavy (non-hydrogen) atoms. The number of fused-ring (bicyclic) bond motifs is 3. The first kappa shape index (κ1) is 23.5. The maximum absolute atomic E-state index is 12.6. The van der Waals surface area contributed by atoms with E-state index in [1.807, 2.05) is 36.4 Å². The summed E-state index contributed by atoms with van der Waals surface area (Å²) < 4.78 is 6.11. The van der Waals surface area contributed by atoms with E-state index in [0.29, 0.717) is 10.2 Å². The Balaban J connectivity index is 1.45. The van der Waals surface area contributed by atoms with E-state index < -0.39 is 23.5 Å². The minimum Gasteiger partial charge on any atom is -0.480 e. The Hall–Kier alpha value is -3.65. The molecule has 0 saturated heterocycles. The van der Waals surface area contributed by atoms with Gasteiger partial charge in [-0.25, -0.2) is 9.59 Å². The molecule has 0 fully saturated rings. The third-order valence-corrected chi connectivity index (χ3v) is 6.46. The van der Waals surface area contributed by atoms with E-state index in [1.165, 1.54) is 26.0 Å². The largest absolute Gasteiger partial charge is 0.480 e. The predicted molar refractivity (Wildman–Crippen MR) is 132 cm³/mol. The summed E-state index contributed by atoms with van der Waals surface area (Å²) >= 11 is 3.36. The number of hydrogen-bond acceptors (Lipinski definition) is 4. The first-order valence-corrected chi connectivity index (χ1v) is 11.4. The third kappa shape index (κ3) is 4.68. The number of amides is 2. The Bertz CT molecular complexity index is 1240. The van der Waals surface area contributed by atoms with Crippen LogP contribution in [-0.2, 0) is 9.53 Å². The van der Waals surface area contributed by atoms with Gasteiger partial charge in [-0.1, -0.05) is 48.5 Å². The van der Waals surface area contributed by atoms with Gasteiger partial charge in [0.15, 0.2) is 0 Å². The number of carbonyl (C=O) groups is 3. The third-order valence-electron chi connectivity index (χ3n) is 5.77. The number of anilines is 1. The zero-order chi connectivity index (χ0) is 24.5. The van der Waals surface area contributed by atoms with Crippen LogP contribution in [-0.4, -0.2) is 35.2 Å². The molecule has 4 rings (SSSR count). The molecule has 1 aliphatic carbocycles. The quantitative estimate of drug-likeness (QED) is 0.401. The second-order valence-electron chi connectivity index (χ2n) is 8.53. The molecule has 0 radical (unpaired) electrons. The van der Waals surface area contributed by atoms with Crippen molar-refractivity contribution in [2.45, 2.75) is 25.3 Å². The number of ether oxygens (including phenoxy) is 1. The fraction of sp³-hybridized carbons (Fsp3) is 0.192. The molecule has 3 aromatic rings. The van der Waals surface area contributed by atoms with Crippen LogP contribution in [0.15, 0.2) is 71.2 Å². The zero-order valence-electron chi connectivity index (χ0n) is 18.6. The Kier molecular flexibility index (Phi) is 6.43. The Morgan fingerprint density at radius 2 is 1.56 bits per heavy atom. The molecular weight excluding hydrogens is 500 g/mol. The van der Waals surface area contributed by atoms with Crippen molar-refractivity contribution >= 4 is 39.6 Å². The van der Waals surface area contributed by atoms with Crippen molar-refractivity contribution in [2.75, 3.05) is 11.9 Å². The highest BCUT2D eigenvalue weighted by Crippen LogP contribution is 2.44. The van der Waals surface area contributed by atoms with Gasteiger partial charge in [0.25, 0.3) is 5.91 Å². The summed E-state index contributed by atoms with van der Waals surface area (Å²) in [5.74, 6) is -1.80. The highest BCUT2D eigenvalue weighted by molar-refractivity contribution is 9.10. The fourth-order valence-corrected chi connectivity index (χ4v) is 4.26. The normalized spacial score (nSPS) is 12.4. The number of benzene rings is 3. The van der Waals surface area contributed by atoms with Gasteiger partial charge in [-0.3, -0.25) is 10.1 Å². The minimum atomic E-state index is -1.44. The van der Waals surface area contributed by atoms with Crippen molar-refractivity contribution in [3.8, 4) is 11.1 Å². The van der Waals surface area contributed by atoms with Gasteiger partial charge < -0.3 is 15.2 Å². The molecule has 0 unspecified atom stereocenters. The molecule has 0 saturated carbocycles. The van der Waals surface area contributed by atoms with Crippen LogP contribution in [0.1, 0.15) is 41.3 Å². The van der Waals surface area contributed by atoms with E-state index in [-0.39, 0.29) is 18.1 Å². The van der Waals surface area contributed by atoms with Crippen LogP contribution in [0.4, 0.5) is 10.5 Å². The van der Waals surface area contributed by atoms with E-state index in [1.54, 1.807) is 6.07 Å². The van der Waals surface area contributed by atoms with Crippen molar-refractivity contribution in [1.82, 2.24) is 5.32 Å². The van der Waals surface area contributed by atoms with E-state index in [0.717, 1.165) is 22.3 Å². The molecule has 174 valence electrons. The van der Waals surface area contributed by atoms with Crippen LogP contribution in [0.25, 0.3) is 11.1 Å². The van der Waals surface area contributed by atoms with Crippen LogP contribution in [0.5, 0.6) is 0 Å². The van der Waals surface area contributed by atoms with Crippen LogP contribution >= 0.6 is 15.9 Å². The van der Waals surface area contributed by atoms with E-state index in [4.69, 9.17) is 4.74 Å². The fourth-order valence-electron chi connectivity index (χ4n) is 3.92. The number of halogens is 1. The van der Waals surface area contributed by atoms with Gasteiger partial charge in [0.2, 0.25) is 0 Å². The van der Waals surface area contributed by atoms with Gasteiger partial charge in [-0.2, -0.15) is 0 Å². The summed E-state index contributed by atoms with van der Waals surface area (Å²) in [6, 6.07) is 20.7. The number of carboxylic acids is 1. The number of carbonyl (C=O) groups excluding carboxylic acids is 2. The van der Waals surface area contributed by atoms with Gasteiger partial charge in [-0.15, -0.1) is 0 Å². The van der Waals surface area contributed by atoms with Gasteiger partial charge in [-0.05, 0) is 70.2 Å². The maximum Gasteiger partial charge on any atom is 0.411 e.